The summed E-state index contributed by atoms with van der Waals surface area (Å²) in [6.07, 6.45) is 4.71. The largest absolute Gasteiger partial charge is 0.352 e. The molecule has 0 spiro atoms. The fourth-order valence-electron chi connectivity index (χ4n) is 5.29. The van der Waals surface area contributed by atoms with Crippen LogP contribution in [0.15, 0.2) is 64.5 Å². The lowest BCUT2D eigenvalue weighted by Crippen LogP contribution is -2.44. The predicted octanol–water partition coefficient (Wildman–Crippen LogP) is 5.11. The summed E-state index contributed by atoms with van der Waals surface area (Å²) in [5.74, 6) is 0.489. The summed E-state index contributed by atoms with van der Waals surface area (Å²) in [5, 5.41) is 3.83. The quantitative estimate of drug-likeness (QED) is 0.585. The van der Waals surface area contributed by atoms with Gasteiger partial charge in [0.05, 0.1) is 9.79 Å². The summed E-state index contributed by atoms with van der Waals surface area (Å²) in [6.45, 7) is 8.76. The number of para-hydroxylation sites is 1. The van der Waals surface area contributed by atoms with Gasteiger partial charge >= 0.3 is 0 Å². The first-order valence-corrected chi connectivity index (χ1v) is 12.7. The number of nitrogens with zero attached hydrogens (tertiary/aromatic N) is 1. The molecule has 3 aromatic rings. The van der Waals surface area contributed by atoms with E-state index >= 15 is 0 Å². The van der Waals surface area contributed by atoms with Gasteiger partial charge in [-0.15, -0.1) is 0 Å². The topological polar surface area (TPSA) is 68.2 Å². The van der Waals surface area contributed by atoms with Crippen molar-refractivity contribution in [1.29, 1.82) is 0 Å². The zero-order chi connectivity index (χ0) is 23.1. The molecule has 5 nitrogen and oxygen atoms in total. The number of amides is 1. The summed E-state index contributed by atoms with van der Waals surface area (Å²) in [4.78, 5) is 13.4. The van der Waals surface area contributed by atoms with E-state index in [2.05, 4.69) is 26.1 Å². The third-order valence-electron chi connectivity index (χ3n) is 6.44. The summed E-state index contributed by atoms with van der Waals surface area (Å²) >= 11 is 0. The van der Waals surface area contributed by atoms with Crippen LogP contribution >= 0.6 is 0 Å². The van der Waals surface area contributed by atoms with Gasteiger partial charge < -0.3 is 9.88 Å². The minimum absolute atomic E-state index is 0.0834. The van der Waals surface area contributed by atoms with Gasteiger partial charge in [-0.3, -0.25) is 4.79 Å². The zero-order valence-corrected chi connectivity index (χ0v) is 20.1. The van der Waals surface area contributed by atoms with Crippen molar-refractivity contribution in [2.24, 2.45) is 11.3 Å². The zero-order valence-electron chi connectivity index (χ0n) is 19.3. The molecule has 1 aliphatic carbocycles. The monoisotopic (exact) mass is 452 g/mol. The van der Waals surface area contributed by atoms with Crippen LogP contribution in [0.1, 0.15) is 45.6 Å². The molecule has 32 heavy (non-hydrogen) atoms. The van der Waals surface area contributed by atoms with Crippen molar-refractivity contribution in [2.75, 3.05) is 0 Å². The van der Waals surface area contributed by atoms with Crippen LogP contribution in [-0.2, 0) is 21.2 Å². The molecule has 0 bridgehead atoms. The second-order valence-corrected chi connectivity index (χ2v) is 12.1. The van der Waals surface area contributed by atoms with Crippen LogP contribution < -0.4 is 5.32 Å². The van der Waals surface area contributed by atoms with Crippen LogP contribution in [0.5, 0.6) is 0 Å². The van der Waals surface area contributed by atoms with Gasteiger partial charge in [0.1, 0.15) is 6.54 Å². The molecule has 170 valence electrons. The Bertz CT molecular complexity index is 1240. The lowest BCUT2D eigenvalue weighted by molar-refractivity contribution is -0.122. The summed E-state index contributed by atoms with van der Waals surface area (Å²) in [5.41, 5.74) is 1.96. The predicted molar refractivity (Wildman–Crippen MR) is 127 cm³/mol. The van der Waals surface area contributed by atoms with E-state index in [0.717, 1.165) is 23.9 Å². The van der Waals surface area contributed by atoms with Gasteiger partial charge in [-0.2, -0.15) is 0 Å². The van der Waals surface area contributed by atoms with E-state index in [9.17, 15) is 13.2 Å². The number of aromatic nitrogens is 1. The van der Waals surface area contributed by atoms with E-state index in [4.69, 9.17) is 0 Å². The van der Waals surface area contributed by atoms with Crippen molar-refractivity contribution in [3.63, 3.8) is 0 Å². The molecule has 1 saturated carbocycles. The van der Waals surface area contributed by atoms with E-state index in [0.29, 0.717) is 11.3 Å². The summed E-state index contributed by atoms with van der Waals surface area (Å²) in [6, 6.07) is 14.4. The van der Waals surface area contributed by atoms with E-state index in [1.807, 2.05) is 25.1 Å². The molecule has 4 rings (SSSR count). The van der Waals surface area contributed by atoms with E-state index < -0.39 is 9.84 Å². The third-order valence-corrected chi connectivity index (χ3v) is 8.24. The van der Waals surface area contributed by atoms with Gasteiger partial charge in [0.25, 0.3) is 0 Å². The molecule has 1 heterocycles. The standard InChI is InChI=1S/C26H32N2O3S/c1-18-9-11-21(12-10-18)32(30,31)24-16-28(23-8-6-5-7-22(23)24)17-25(29)27-20-13-19(2)14-26(3,4)15-20/h5-12,16,19-20H,13-15,17H2,1-4H3,(H,27,29). The number of fused-ring (bicyclic) bond motifs is 1. The van der Waals surface area contributed by atoms with E-state index in [1.165, 1.54) is 6.42 Å². The average Bonchev–Trinajstić information content (AvgIpc) is 3.06. The fraction of sp³-hybridized carbons (Fsp3) is 0.423. The molecule has 2 aromatic carbocycles. The maximum absolute atomic E-state index is 13.4. The number of carbonyl (C=O) groups is 1. The van der Waals surface area contributed by atoms with Gasteiger partial charge in [0.15, 0.2) is 0 Å². The maximum atomic E-state index is 13.4. The van der Waals surface area contributed by atoms with Crippen molar-refractivity contribution < 1.29 is 13.2 Å². The number of hydrogen-bond donors (Lipinski definition) is 1. The lowest BCUT2D eigenvalue weighted by atomic mass is 9.70. The molecule has 2 unspecified atom stereocenters. The van der Waals surface area contributed by atoms with Crippen LogP contribution in [0.3, 0.4) is 0 Å². The fourth-order valence-corrected chi connectivity index (χ4v) is 6.76. The normalized spacial score (nSPS) is 20.9. The number of nitrogens with one attached hydrogen (secondary N) is 1. The molecule has 0 saturated heterocycles. The van der Waals surface area contributed by atoms with Crippen LogP contribution in [0.25, 0.3) is 10.9 Å². The molecule has 0 aliphatic heterocycles. The Morgan fingerprint density at radius 3 is 2.47 bits per heavy atom. The van der Waals surface area contributed by atoms with Crippen molar-refractivity contribution in [3.8, 4) is 0 Å². The molecule has 1 aliphatic rings. The maximum Gasteiger partial charge on any atom is 0.240 e. The van der Waals surface area contributed by atoms with Crippen molar-refractivity contribution in [2.45, 2.75) is 69.3 Å². The van der Waals surface area contributed by atoms with Crippen LogP contribution in [0.2, 0.25) is 0 Å². The van der Waals surface area contributed by atoms with Crippen LogP contribution in [0, 0.1) is 18.3 Å². The van der Waals surface area contributed by atoms with Crippen molar-refractivity contribution in [3.05, 3.63) is 60.3 Å². The first-order chi connectivity index (χ1) is 15.0. The highest BCUT2D eigenvalue weighted by molar-refractivity contribution is 7.91. The molecule has 6 heteroatoms. The highest BCUT2D eigenvalue weighted by Gasteiger charge is 2.33. The van der Waals surface area contributed by atoms with Crippen LogP contribution in [-0.4, -0.2) is 24.9 Å². The summed E-state index contributed by atoms with van der Waals surface area (Å²) in [7, 11) is -3.70. The van der Waals surface area contributed by atoms with Crippen molar-refractivity contribution in [1.82, 2.24) is 9.88 Å². The van der Waals surface area contributed by atoms with Gasteiger partial charge in [-0.25, -0.2) is 8.42 Å². The van der Waals surface area contributed by atoms with Gasteiger partial charge in [0.2, 0.25) is 15.7 Å². The Kier molecular flexibility index (Phi) is 5.93. The molecule has 2 atom stereocenters. The highest BCUT2D eigenvalue weighted by Crippen LogP contribution is 2.38. The molecule has 0 radical (unpaired) electrons. The second-order valence-electron chi connectivity index (χ2n) is 10.1. The smallest absolute Gasteiger partial charge is 0.240 e. The number of carbonyl (C=O) groups excluding carboxylic acids is 1. The number of aryl methyl sites for hydroxylation is 1. The van der Waals surface area contributed by atoms with Crippen LogP contribution in [0.4, 0.5) is 0 Å². The summed E-state index contributed by atoms with van der Waals surface area (Å²) < 4.78 is 28.5. The minimum atomic E-state index is -3.70. The number of benzene rings is 2. The first kappa shape index (κ1) is 22.6. The molecular formula is C26H32N2O3S. The molecule has 1 N–H and O–H groups in total. The Hall–Kier alpha value is -2.60. The Labute approximate surface area is 190 Å². The first-order valence-electron chi connectivity index (χ1n) is 11.2. The Balaban J connectivity index is 1.62. The molecular weight excluding hydrogens is 420 g/mol. The number of rotatable bonds is 5. The van der Waals surface area contributed by atoms with E-state index in [-0.39, 0.29) is 33.7 Å². The number of sulfone groups is 1. The minimum Gasteiger partial charge on any atom is -0.352 e. The van der Waals surface area contributed by atoms with Crippen molar-refractivity contribution >= 4 is 26.6 Å². The number of hydrogen-bond acceptors (Lipinski definition) is 3. The van der Waals surface area contributed by atoms with Gasteiger partial charge in [-0.05, 0) is 55.7 Å². The van der Waals surface area contributed by atoms with Gasteiger partial charge in [-0.1, -0.05) is 56.7 Å². The third kappa shape index (κ3) is 4.60. The highest BCUT2D eigenvalue weighted by atomic mass is 32.2. The molecule has 1 aromatic heterocycles. The van der Waals surface area contributed by atoms with Gasteiger partial charge in [0, 0.05) is 23.1 Å². The second kappa shape index (κ2) is 8.39. The Morgan fingerprint density at radius 1 is 1.09 bits per heavy atom. The lowest BCUT2D eigenvalue weighted by Gasteiger charge is -2.39. The Morgan fingerprint density at radius 2 is 1.78 bits per heavy atom. The van der Waals surface area contributed by atoms with E-state index in [1.54, 1.807) is 41.1 Å². The average molecular weight is 453 g/mol. The molecule has 1 amide bonds. The molecule has 1 fully saturated rings. The SMILES string of the molecule is Cc1ccc(S(=O)(=O)c2cn(CC(=O)NC3CC(C)CC(C)(C)C3)c3ccccc23)cc1.